The van der Waals surface area contributed by atoms with Crippen molar-refractivity contribution >= 4 is 21.7 Å². The minimum absolute atomic E-state index is 0.0111. The maximum absolute atomic E-state index is 13.0. The number of rotatable bonds is 2. The number of halogens is 1. The van der Waals surface area contributed by atoms with Crippen molar-refractivity contribution in [2.24, 2.45) is 0 Å². The minimum Gasteiger partial charge on any atom is -0.293 e. The SMILES string of the molecule is CC1(C)C[C@](Br)(Cc2ccccc2)C(=O)c2ccccc21. The molecule has 2 heteroatoms. The number of hydrogen-bond acceptors (Lipinski definition) is 1. The highest BCUT2D eigenvalue weighted by Crippen LogP contribution is 2.46. The van der Waals surface area contributed by atoms with Gasteiger partial charge in [0.15, 0.2) is 5.78 Å². The average molecular weight is 343 g/mol. The summed E-state index contributed by atoms with van der Waals surface area (Å²) < 4.78 is -0.508. The smallest absolute Gasteiger partial charge is 0.180 e. The monoisotopic (exact) mass is 342 g/mol. The molecule has 0 fully saturated rings. The second-order valence-electron chi connectivity index (χ2n) is 6.56. The van der Waals surface area contributed by atoms with Gasteiger partial charge in [0.05, 0.1) is 4.32 Å². The number of alkyl halides is 1. The molecule has 0 aliphatic heterocycles. The fourth-order valence-corrected chi connectivity index (χ4v) is 4.69. The Morgan fingerprint density at radius 1 is 1.00 bits per heavy atom. The van der Waals surface area contributed by atoms with Crippen LogP contribution in [-0.4, -0.2) is 10.1 Å². The van der Waals surface area contributed by atoms with Crippen LogP contribution in [0.15, 0.2) is 54.6 Å². The van der Waals surface area contributed by atoms with Crippen molar-refractivity contribution in [3.8, 4) is 0 Å². The summed E-state index contributed by atoms with van der Waals surface area (Å²) in [5.74, 6) is 0.210. The van der Waals surface area contributed by atoms with E-state index in [-0.39, 0.29) is 11.2 Å². The molecule has 0 heterocycles. The Hall–Kier alpha value is -1.41. The molecule has 0 unspecified atom stereocenters. The summed E-state index contributed by atoms with van der Waals surface area (Å²) in [4.78, 5) is 13.0. The molecule has 1 atom stereocenters. The topological polar surface area (TPSA) is 17.1 Å². The number of fused-ring (bicyclic) bond motifs is 1. The second kappa shape index (κ2) is 5.10. The van der Waals surface area contributed by atoms with Gasteiger partial charge in [-0.2, -0.15) is 0 Å². The first kappa shape index (κ1) is 14.5. The van der Waals surface area contributed by atoms with Crippen LogP contribution in [0, 0.1) is 0 Å². The maximum Gasteiger partial charge on any atom is 0.180 e. The van der Waals surface area contributed by atoms with Crippen molar-refractivity contribution in [1.82, 2.24) is 0 Å². The normalized spacial score (nSPS) is 23.7. The lowest BCUT2D eigenvalue weighted by molar-refractivity contribution is 0.0908. The van der Waals surface area contributed by atoms with Gasteiger partial charge >= 0.3 is 0 Å². The quantitative estimate of drug-likeness (QED) is 0.707. The standard InChI is InChI=1S/C19H19BrO/c1-18(2)13-19(20,12-14-8-4-3-5-9-14)17(21)15-10-6-7-11-16(15)18/h3-11H,12-13H2,1-2H3/t19-/m1/s1. The van der Waals surface area contributed by atoms with E-state index < -0.39 is 4.32 Å². The Bertz CT molecular complexity index is 675. The zero-order valence-corrected chi connectivity index (χ0v) is 14.0. The molecule has 2 aromatic rings. The molecule has 21 heavy (non-hydrogen) atoms. The molecule has 1 nitrogen and oxygen atoms in total. The Morgan fingerprint density at radius 3 is 2.33 bits per heavy atom. The fraction of sp³-hybridized carbons (Fsp3) is 0.316. The van der Waals surface area contributed by atoms with Gasteiger partial charge in [0.25, 0.3) is 0 Å². The summed E-state index contributed by atoms with van der Waals surface area (Å²) in [6.07, 6.45) is 1.54. The Labute approximate surface area is 134 Å². The van der Waals surface area contributed by atoms with Gasteiger partial charge in [-0.3, -0.25) is 4.79 Å². The van der Waals surface area contributed by atoms with E-state index in [1.54, 1.807) is 0 Å². The van der Waals surface area contributed by atoms with Gasteiger partial charge < -0.3 is 0 Å². The number of carbonyl (C=O) groups excluding carboxylic acids is 1. The third-order valence-electron chi connectivity index (χ3n) is 4.36. The number of Topliss-reactive ketones (excluding diaryl/α,β-unsaturated/α-hetero) is 1. The van der Waals surface area contributed by atoms with E-state index >= 15 is 0 Å². The number of carbonyl (C=O) groups is 1. The highest BCUT2D eigenvalue weighted by Gasteiger charge is 2.47. The third kappa shape index (κ3) is 2.57. The van der Waals surface area contributed by atoms with Crippen LogP contribution in [0.25, 0.3) is 0 Å². The van der Waals surface area contributed by atoms with E-state index in [1.165, 1.54) is 5.56 Å². The van der Waals surface area contributed by atoms with E-state index in [2.05, 4.69) is 48.0 Å². The first-order valence-electron chi connectivity index (χ1n) is 7.30. The lowest BCUT2D eigenvalue weighted by Gasteiger charge is -2.41. The summed E-state index contributed by atoms with van der Waals surface area (Å²) >= 11 is 3.79. The van der Waals surface area contributed by atoms with Crippen LogP contribution in [0.5, 0.6) is 0 Å². The number of hydrogen-bond donors (Lipinski definition) is 0. The first-order valence-corrected chi connectivity index (χ1v) is 8.09. The van der Waals surface area contributed by atoms with Crippen molar-refractivity contribution in [1.29, 1.82) is 0 Å². The summed E-state index contributed by atoms with van der Waals surface area (Å²) in [6, 6.07) is 18.2. The minimum atomic E-state index is -0.508. The molecular weight excluding hydrogens is 324 g/mol. The predicted molar refractivity (Wildman–Crippen MR) is 90.2 cm³/mol. The molecule has 0 aromatic heterocycles. The molecule has 0 saturated carbocycles. The van der Waals surface area contributed by atoms with Crippen molar-refractivity contribution in [3.05, 3.63) is 71.3 Å². The molecule has 0 N–H and O–H groups in total. The lowest BCUT2D eigenvalue weighted by Crippen LogP contribution is -2.46. The molecule has 0 radical (unpaired) electrons. The number of ketones is 1. The fourth-order valence-electron chi connectivity index (χ4n) is 3.45. The van der Waals surface area contributed by atoms with Crippen LogP contribution < -0.4 is 0 Å². The number of benzene rings is 2. The summed E-state index contributed by atoms with van der Waals surface area (Å²) in [5.41, 5.74) is 3.21. The molecule has 108 valence electrons. The van der Waals surface area contributed by atoms with Crippen molar-refractivity contribution < 1.29 is 4.79 Å². The molecule has 1 aliphatic rings. The average Bonchev–Trinajstić information content (AvgIpc) is 2.46. The Morgan fingerprint density at radius 2 is 1.62 bits per heavy atom. The molecule has 0 spiro atoms. The maximum atomic E-state index is 13.0. The van der Waals surface area contributed by atoms with E-state index in [4.69, 9.17) is 0 Å². The Balaban J connectivity index is 2.04. The summed E-state index contributed by atoms with van der Waals surface area (Å²) in [6.45, 7) is 4.44. The largest absolute Gasteiger partial charge is 0.293 e. The molecule has 0 amide bonds. The van der Waals surface area contributed by atoms with Gasteiger partial charge in [-0.1, -0.05) is 84.4 Å². The summed E-state index contributed by atoms with van der Waals surface area (Å²) in [7, 11) is 0. The van der Waals surface area contributed by atoms with Crippen LogP contribution >= 0.6 is 15.9 Å². The van der Waals surface area contributed by atoms with Gasteiger partial charge in [-0.05, 0) is 29.4 Å². The Kier molecular flexibility index (Phi) is 3.53. The van der Waals surface area contributed by atoms with Crippen LogP contribution in [0.1, 0.15) is 41.8 Å². The van der Waals surface area contributed by atoms with Gasteiger partial charge in [-0.25, -0.2) is 0 Å². The van der Waals surface area contributed by atoms with E-state index in [1.807, 2.05) is 36.4 Å². The zero-order valence-electron chi connectivity index (χ0n) is 12.4. The second-order valence-corrected chi connectivity index (χ2v) is 8.08. The molecule has 2 aromatic carbocycles. The van der Waals surface area contributed by atoms with Crippen LogP contribution in [-0.2, 0) is 11.8 Å². The van der Waals surface area contributed by atoms with Crippen molar-refractivity contribution in [2.45, 2.75) is 36.4 Å². The van der Waals surface area contributed by atoms with Crippen molar-refractivity contribution in [3.63, 3.8) is 0 Å². The summed E-state index contributed by atoms with van der Waals surface area (Å²) in [5, 5.41) is 0. The van der Waals surface area contributed by atoms with Gasteiger partial charge in [0.1, 0.15) is 0 Å². The first-order chi connectivity index (χ1) is 9.92. The zero-order chi connectivity index (χ0) is 15.1. The molecular formula is C19H19BrO. The van der Waals surface area contributed by atoms with E-state index in [0.29, 0.717) is 0 Å². The molecule has 1 aliphatic carbocycles. The molecule has 3 rings (SSSR count). The van der Waals surface area contributed by atoms with Crippen LogP contribution in [0.3, 0.4) is 0 Å². The molecule has 0 bridgehead atoms. The van der Waals surface area contributed by atoms with Crippen LogP contribution in [0.4, 0.5) is 0 Å². The van der Waals surface area contributed by atoms with Crippen molar-refractivity contribution in [2.75, 3.05) is 0 Å². The van der Waals surface area contributed by atoms with Gasteiger partial charge in [0.2, 0.25) is 0 Å². The highest BCUT2D eigenvalue weighted by molar-refractivity contribution is 9.10. The lowest BCUT2D eigenvalue weighted by atomic mass is 9.66. The van der Waals surface area contributed by atoms with E-state index in [9.17, 15) is 4.79 Å². The molecule has 0 saturated heterocycles. The third-order valence-corrected chi connectivity index (χ3v) is 5.28. The van der Waals surface area contributed by atoms with Crippen LogP contribution in [0.2, 0.25) is 0 Å². The van der Waals surface area contributed by atoms with E-state index in [0.717, 1.165) is 24.0 Å². The van der Waals surface area contributed by atoms with Gasteiger partial charge in [-0.15, -0.1) is 0 Å². The predicted octanol–water partition coefficient (Wildman–Crippen LogP) is 4.93. The van der Waals surface area contributed by atoms with Gasteiger partial charge in [0, 0.05) is 5.56 Å². The highest BCUT2D eigenvalue weighted by atomic mass is 79.9.